The number of methoxy groups -OCH3 is 1. The van der Waals surface area contributed by atoms with Crippen molar-refractivity contribution in [3.63, 3.8) is 0 Å². The Labute approximate surface area is 165 Å². The lowest BCUT2D eigenvalue weighted by atomic mass is 10.1. The molecule has 0 N–H and O–H groups in total. The Kier molecular flexibility index (Phi) is 5.51. The number of ether oxygens (including phenoxy) is 1. The van der Waals surface area contributed by atoms with E-state index >= 15 is 0 Å². The van der Waals surface area contributed by atoms with Gasteiger partial charge in [0.15, 0.2) is 0 Å². The van der Waals surface area contributed by atoms with Crippen molar-refractivity contribution in [3.8, 4) is 5.75 Å². The van der Waals surface area contributed by atoms with Crippen LogP contribution in [0.5, 0.6) is 5.75 Å². The number of sulfonamides is 1. The molecule has 0 saturated carbocycles. The minimum Gasteiger partial charge on any atom is -0.496 e. The third-order valence-corrected chi connectivity index (χ3v) is 6.10. The Morgan fingerprint density at radius 1 is 0.893 bits per heavy atom. The summed E-state index contributed by atoms with van der Waals surface area (Å²) in [6.45, 7) is 3.63. The number of para-hydroxylation sites is 1. The molecule has 28 heavy (non-hydrogen) atoms. The van der Waals surface area contributed by atoms with E-state index in [1.54, 1.807) is 61.5 Å². The molecule has 0 atom stereocenters. The van der Waals surface area contributed by atoms with Gasteiger partial charge in [-0.1, -0.05) is 42.5 Å². The van der Waals surface area contributed by atoms with Crippen molar-refractivity contribution < 1.29 is 17.9 Å². The standard InChI is InChI=1S/C22H21NO4S/c1-16-13-14-17(2)20(15-16)23(28(25,26)18-9-5-4-6-10-18)22(24)19-11-7-8-12-21(19)27-3/h4-15H,1-3H3. The fourth-order valence-electron chi connectivity index (χ4n) is 2.91. The second-order valence-electron chi connectivity index (χ2n) is 6.38. The van der Waals surface area contributed by atoms with Crippen molar-refractivity contribution in [2.24, 2.45) is 0 Å². The van der Waals surface area contributed by atoms with E-state index < -0.39 is 15.9 Å². The van der Waals surface area contributed by atoms with Gasteiger partial charge in [0.1, 0.15) is 5.75 Å². The Bertz CT molecular complexity index is 1110. The van der Waals surface area contributed by atoms with Crippen LogP contribution < -0.4 is 9.04 Å². The van der Waals surface area contributed by atoms with Gasteiger partial charge in [0.05, 0.1) is 23.3 Å². The van der Waals surface area contributed by atoms with Crippen LogP contribution in [0.3, 0.4) is 0 Å². The quantitative estimate of drug-likeness (QED) is 0.644. The van der Waals surface area contributed by atoms with Crippen LogP contribution in [0.25, 0.3) is 0 Å². The van der Waals surface area contributed by atoms with Gasteiger partial charge in [-0.15, -0.1) is 0 Å². The van der Waals surface area contributed by atoms with Crippen molar-refractivity contribution >= 4 is 21.6 Å². The molecule has 0 heterocycles. The third kappa shape index (κ3) is 3.64. The Hall–Kier alpha value is -3.12. The van der Waals surface area contributed by atoms with Gasteiger partial charge >= 0.3 is 0 Å². The first kappa shape index (κ1) is 19.6. The molecular weight excluding hydrogens is 374 g/mol. The van der Waals surface area contributed by atoms with Crippen molar-refractivity contribution in [2.45, 2.75) is 18.7 Å². The van der Waals surface area contributed by atoms with E-state index in [-0.39, 0.29) is 10.5 Å². The minimum absolute atomic E-state index is 0.0409. The Balaban J connectivity index is 2.26. The molecule has 144 valence electrons. The van der Waals surface area contributed by atoms with Gasteiger partial charge in [-0.3, -0.25) is 4.79 Å². The smallest absolute Gasteiger partial charge is 0.276 e. The average Bonchev–Trinajstić information content (AvgIpc) is 2.71. The van der Waals surface area contributed by atoms with E-state index in [1.807, 2.05) is 13.0 Å². The number of amides is 1. The highest BCUT2D eigenvalue weighted by atomic mass is 32.2. The lowest BCUT2D eigenvalue weighted by molar-refractivity contribution is 0.100. The van der Waals surface area contributed by atoms with E-state index in [2.05, 4.69) is 0 Å². The molecule has 5 nitrogen and oxygen atoms in total. The Morgan fingerprint density at radius 2 is 1.54 bits per heavy atom. The van der Waals surface area contributed by atoms with Crippen molar-refractivity contribution in [1.29, 1.82) is 0 Å². The topological polar surface area (TPSA) is 63.7 Å². The summed E-state index contributed by atoms with van der Waals surface area (Å²) >= 11 is 0. The normalized spacial score (nSPS) is 11.1. The second-order valence-corrected chi connectivity index (χ2v) is 8.16. The highest BCUT2D eigenvalue weighted by Gasteiger charge is 2.34. The SMILES string of the molecule is COc1ccccc1C(=O)N(c1cc(C)ccc1C)S(=O)(=O)c1ccccc1. The molecule has 0 bridgehead atoms. The van der Waals surface area contributed by atoms with Gasteiger partial charge < -0.3 is 4.74 Å². The molecule has 1 amide bonds. The zero-order valence-electron chi connectivity index (χ0n) is 15.9. The first-order valence-electron chi connectivity index (χ1n) is 8.71. The summed E-state index contributed by atoms with van der Waals surface area (Å²) in [5.74, 6) is -0.360. The molecule has 3 aromatic carbocycles. The van der Waals surface area contributed by atoms with Crippen LogP contribution in [0.4, 0.5) is 5.69 Å². The molecule has 3 rings (SSSR count). The molecule has 6 heteroatoms. The van der Waals surface area contributed by atoms with Gasteiger partial charge in [0.2, 0.25) is 0 Å². The van der Waals surface area contributed by atoms with Gasteiger partial charge in [-0.25, -0.2) is 8.42 Å². The molecule has 0 fully saturated rings. The first-order valence-corrected chi connectivity index (χ1v) is 10.1. The number of nitrogens with zero attached hydrogens (tertiary/aromatic N) is 1. The summed E-state index contributed by atoms with van der Waals surface area (Å²) in [7, 11) is -2.69. The maximum atomic E-state index is 13.5. The van der Waals surface area contributed by atoms with Crippen LogP contribution in [0.1, 0.15) is 21.5 Å². The summed E-state index contributed by atoms with van der Waals surface area (Å²) in [5, 5.41) is 0. The highest BCUT2D eigenvalue weighted by molar-refractivity contribution is 7.93. The van der Waals surface area contributed by atoms with Gasteiger partial charge in [0, 0.05) is 0 Å². The van der Waals surface area contributed by atoms with Gasteiger partial charge in [-0.2, -0.15) is 4.31 Å². The first-order chi connectivity index (χ1) is 13.4. The second kappa shape index (κ2) is 7.86. The molecule has 0 aliphatic rings. The Morgan fingerprint density at radius 3 is 2.21 bits per heavy atom. The number of rotatable bonds is 5. The molecule has 0 aliphatic heterocycles. The van der Waals surface area contributed by atoms with Crippen LogP contribution in [0.15, 0.2) is 77.7 Å². The fraction of sp³-hybridized carbons (Fsp3) is 0.136. The molecule has 0 aliphatic carbocycles. The number of benzene rings is 3. The largest absolute Gasteiger partial charge is 0.496 e. The van der Waals surface area contributed by atoms with Crippen molar-refractivity contribution in [3.05, 3.63) is 89.5 Å². The molecule has 0 unspecified atom stereocenters. The summed E-state index contributed by atoms with van der Waals surface area (Å²) in [6.07, 6.45) is 0. The van der Waals surface area contributed by atoms with E-state index in [9.17, 15) is 13.2 Å². The lowest BCUT2D eigenvalue weighted by Crippen LogP contribution is -2.37. The van der Waals surface area contributed by atoms with Crippen LogP contribution in [-0.4, -0.2) is 21.4 Å². The number of aryl methyl sites for hydroxylation is 2. The summed E-state index contributed by atoms with van der Waals surface area (Å²) < 4.78 is 33.1. The highest BCUT2D eigenvalue weighted by Crippen LogP contribution is 2.31. The molecule has 3 aromatic rings. The number of anilines is 1. The average molecular weight is 395 g/mol. The van der Waals surface area contributed by atoms with Gasteiger partial charge in [-0.05, 0) is 55.3 Å². The van der Waals surface area contributed by atoms with E-state index in [4.69, 9.17) is 4.74 Å². The molecular formula is C22H21NO4S. The zero-order valence-corrected chi connectivity index (χ0v) is 16.7. The maximum absolute atomic E-state index is 13.5. The summed E-state index contributed by atoms with van der Waals surface area (Å²) in [6, 6.07) is 19.9. The van der Waals surface area contributed by atoms with Gasteiger partial charge in [0.25, 0.3) is 15.9 Å². The van der Waals surface area contributed by atoms with Crippen LogP contribution >= 0.6 is 0 Å². The number of carbonyl (C=O) groups is 1. The molecule has 0 radical (unpaired) electrons. The van der Waals surface area contributed by atoms with Crippen molar-refractivity contribution in [2.75, 3.05) is 11.4 Å². The number of hydrogen-bond acceptors (Lipinski definition) is 4. The summed E-state index contributed by atoms with van der Waals surface area (Å²) in [5.41, 5.74) is 2.01. The third-order valence-electron chi connectivity index (χ3n) is 4.39. The minimum atomic E-state index is -4.14. The van der Waals surface area contributed by atoms with E-state index in [1.165, 1.54) is 19.2 Å². The predicted octanol–water partition coefficient (Wildman–Crippen LogP) is 4.35. The lowest BCUT2D eigenvalue weighted by Gasteiger charge is -2.25. The summed E-state index contributed by atoms with van der Waals surface area (Å²) in [4.78, 5) is 13.5. The van der Waals surface area contributed by atoms with E-state index in [0.717, 1.165) is 9.87 Å². The monoisotopic (exact) mass is 395 g/mol. The number of hydrogen-bond donors (Lipinski definition) is 0. The maximum Gasteiger partial charge on any atom is 0.276 e. The number of carbonyl (C=O) groups excluding carboxylic acids is 1. The molecule has 0 aromatic heterocycles. The van der Waals surface area contributed by atoms with Crippen LogP contribution in [-0.2, 0) is 10.0 Å². The van der Waals surface area contributed by atoms with Crippen LogP contribution in [0.2, 0.25) is 0 Å². The molecule has 0 spiro atoms. The fourth-order valence-corrected chi connectivity index (χ4v) is 4.40. The predicted molar refractivity (Wildman–Crippen MR) is 109 cm³/mol. The zero-order chi connectivity index (χ0) is 20.3. The van der Waals surface area contributed by atoms with Crippen molar-refractivity contribution in [1.82, 2.24) is 0 Å². The molecule has 0 saturated heterocycles. The van der Waals surface area contributed by atoms with E-state index in [0.29, 0.717) is 17.0 Å². The van der Waals surface area contributed by atoms with Crippen LogP contribution in [0, 0.1) is 13.8 Å².